The van der Waals surface area contributed by atoms with Crippen LogP contribution in [0.3, 0.4) is 0 Å². The highest BCUT2D eigenvalue weighted by molar-refractivity contribution is 7.13. The maximum Gasteiger partial charge on any atom is 0.435 e. The molecule has 0 bridgehead atoms. The molecule has 0 saturated heterocycles. The molecule has 2 aromatic rings. The van der Waals surface area contributed by atoms with Crippen molar-refractivity contribution in [3.63, 3.8) is 0 Å². The summed E-state index contributed by atoms with van der Waals surface area (Å²) < 4.78 is 38.6. The van der Waals surface area contributed by atoms with Crippen LogP contribution in [0.1, 0.15) is 11.3 Å². The Morgan fingerprint density at radius 2 is 2.06 bits per heavy atom. The van der Waals surface area contributed by atoms with Gasteiger partial charge in [-0.05, 0) is 30.0 Å². The van der Waals surface area contributed by atoms with Crippen molar-refractivity contribution in [2.45, 2.75) is 13.1 Å². The van der Waals surface area contributed by atoms with Crippen LogP contribution >= 0.6 is 11.3 Å². The summed E-state index contributed by atoms with van der Waals surface area (Å²) in [7, 11) is 1.52. The van der Waals surface area contributed by atoms with Gasteiger partial charge in [-0.15, -0.1) is 11.3 Å². The summed E-state index contributed by atoms with van der Waals surface area (Å²) in [6, 6.07) is 2.96. The monoisotopic (exact) mass is 246 g/mol. The second-order valence-corrected chi connectivity index (χ2v) is 4.39. The standard InChI is InChI=1S/C10H9F3N2S/c1-6-3-4-16-9(6)7-5-8(10(11,12)13)14-15(7)2/h3-5H,1-2H3. The van der Waals surface area contributed by atoms with Crippen LogP contribution in [0, 0.1) is 6.92 Å². The van der Waals surface area contributed by atoms with Gasteiger partial charge in [0, 0.05) is 7.05 Å². The number of rotatable bonds is 1. The minimum absolute atomic E-state index is 0.500. The van der Waals surface area contributed by atoms with Crippen LogP contribution < -0.4 is 0 Å². The Bertz CT molecular complexity index is 510. The van der Waals surface area contributed by atoms with Crippen molar-refractivity contribution in [1.82, 2.24) is 9.78 Å². The lowest BCUT2D eigenvalue weighted by Gasteiger charge is -1.99. The van der Waals surface area contributed by atoms with Gasteiger partial charge in [-0.1, -0.05) is 0 Å². The van der Waals surface area contributed by atoms with Gasteiger partial charge < -0.3 is 0 Å². The molecule has 2 rings (SSSR count). The first kappa shape index (κ1) is 11.2. The molecule has 2 nitrogen and oxygen atoms in total. The molecule has 0 aromatic carbocycles. The number of hydrogen-bond acceptors (Lipinski definition) is 2. The van der Waals surface area contributed by atoms with Crippen LogP contribution in [0.4, 0.5) is 13.2 Å². The van der Waals surface area contributed by atoms with Gasteiger partial charge in [0.25, 0.3) is 0 Å². The fourth-order valence-electron chi connectivity index (χ4n) is 1.45. The maximum absolute atomic E-state index is 12.5. The van der Waals surface area contributed by atoms with Gasteiger partial charge >= 0.3 is 6.18 Å². The summed E-state index contributed by atoms with van der Waals surface area (Å²) in [5.41, 5.74) is 0.611. The first-order valence-electron chi connectivity index (χ1n) is 4.55. The molecule has 0 N–H and O–H groups in total. The van der Waals surface area contributed by atoms with E-state index in [-0.39, 0.29) is 0 Å². The van der Waals surface area contributed by atoms with E-state index in [0.29, 0.717) is 5.69 Å². The zero-order valence-electron chi connectivity index (χ0n) is 8.67. The number of thiophene rings is 1. The predicted molar refractivity (Wildman–Crippen MR) is 56.3 cm³/mol. The Hall–Kier alpha value is -1.30. The lowest BCUT2D eigenvalue weighted by Crippen LogP contribution is -2.06. The molecule has 0 aliphatic rings. The molecule has 0 fully saturated rings. The zero-order chi connectivity index (χ0) is 11.9. The Morgan fingerprint density at radius 1 is 1.38 bits per heavy atom. The van der Waals surface area contributed by atoms with Crippen molar-refractivity contribution in [2.24, 2.45) is 7.05 Å². The highest BCUT2D eigenvalue weighted by atomic mass is 32.1. The van der Waals surface area contributed by atoms with Crippen LogP contribution in [0.5, 0.6) is 0 Å². The minimum atomic E-state index is -4.39. The summed E-state index contributed by atoms with van der Waals surface area (Å²) >= 11 is 1.41. The summed E-state index contributed by atoms with van der Waals surface area (Å²) in [6.45, 7) is 1.87. The third-order valence-electron chi connectivity index (χ3n) is 2.26. The van der Waals surface area contributed by atoms with Gasteiger partial charge in [0.15, 0.2) is 5.69 Å². The fraction of sp³-hybridized carbons (Fsp3) is 0.300. The van der Waals surface area contributed by atoms with Crippen LogP contribution in [-0.2, 0) is 13.2 Å². The average molecular weight is 246 g/mol. The van der Waals surface area contributed by atoms with Crippen LogP contribution in [0.25, 0.3) is 10.6 Å². The zero-order valence-corrected chi connectivity index (χ0v) is 9.49. The molecule has 2 heterocycles. The predicted octanol–water partition coefficient (Wildman–Crippen LogP) is 3.48. The van der Waals surface area contributed by atoms with Crippen molar-refractivity contribution >= 4 is 11.3 Å². The molecule has 16 heavy (non-hydrogen) atoms. The van der Waals surface area contributed by atoms with E-state index < -0.39 is 11.9 Å². The molecule has 0 amide bonds. The molecule has 0 saturated carbocycles. The molecule has 0 aliphatic heterocycles. The van der Waals surface area contributed by atoms with Crippen LogP contribution in [-0.4, -0.2) is 9.78 Å². The number of nitrogens with zero attached hydrogens (tertiary/aromatic N) is 2. The Labute approximate surface area is 94.3 Å². The second-order valence-electron chi connectivity index (χ2n) is 3.47. The lowest BCUT2D eigenvalue weighted by atomic mass is 10.2. The van der Waals surface area contributed by atoms with E-state index in [1.165, 1.54) is 23.1 Å². The number of halogens is 3. The van der Waals surface area contributed by atoms with Gasteiger partial charge in [0.1, 0.15) is 0 Å². The van der Waals surface area contributed by atoms with Gasteiger partial charge in [-0.3, -0.25) is 4.68 Å². The molecule has 0 aliphatic carbocycles. The first-order chi connectivity index (χ1) is 7.39. The fourth-order valence-corrected chi connectivity index (χ4v) is 2.43. The van der Waals surface area contributed by atoms with Crippen molar-refractivity contribution in [3.8, 4) is 10.6 Å². The molecule has 0 spiro atoms. The summed E-state index contributed by atoms with van der Waals surface area (Å²) in [6.07, 6.45) is -4.39. The lowest BCUT2D eigenvalue weighted by molar-refractivity contribution is -0.141. The Kier molecular flexibility index (Phi) is 2.53. The van der Waals surface area contributed by atoms with Crippen LogP contribution in [0.2, 0.25) is 0 Å². The Balaban J connectivity index is 2.52. The molecule has 2 aromatic heterocycles. The second kappa shape index (κ2) is 3.62. The normalized spacial score (nSPS) is 12.1. The van der Waals surface area contributed by atoms with E-state index >= 15 is 0 Å². The van der Waals surface area contributed by atoms with E-state index in [1.807, 2.05) is 18.4 Å². The number of aromatic nitrogens is 2. The summed E-state index contributed by atoms with van der Waals surface area (Å²) in [5.74, 6) is 0. The largest absolute Gasteiger partial charge is 0.435 e. The highest BCUT2D eigenvalue weighted by Crippen LogP contribution is 2.34. The van der Waals surface area contributed by atoms with E-state index in [9.17, 15) is 13.2 Å². The van der Waals surface area contributed by atoms with Gasteiger partial charge in [-0.2, -0.15) is 18.3 Å². The van der Waals surface area contributed by atoms with Crippen LogP contribution in [0.15, 0.2) is 17.5 Å². The number of hydrogen-bond donors (Lipinski definition) is 0. The molecule has 86 valence electrons. The smallest absolute Gasteiger partial charge is 0.267 e. The van der Waals surface area contributed by atoms with Crippen molar-refractivity contribution in [3.05, 3.63) is 28.8 Å². The number of aryl methyl sites for hydroxylation is 2. The van der Waals surface area contributed by atoms with E-state index in [2.05, 4.69) is 5.10 Å². The first-order valence-corrected chi connectivity index (χ1v) is 5.43. The topological polar surface area (TPSA) is 17.8 Å². The van der Waals surface area contributed by atoms with Crippen molar-refractivity contribution in [2.75, 3.05) is 0 Å². The van der Waals surface area contributed by atoms with Crippen molar-refractivity contribution < 1.29 is 13.2 Å². The van der Waals surface area contributed by atoms with E-state index in [4.69, 9.17) is 0 Å². The maximum atomic E-state index is 12.5. The third kappa shape index (κ3) is 1.84. The number of alkyl halides is 3. The molecule has 0 radical (unpaired) electrons. The molecular weight excluding hydrogens is 237 g/mol. The highest BCUT2D eigenvalue weighted by Gasteiger charge is 2.34. The SMILES string of the molecule is Cc1ccsc1-c1cc(C(F)(F)F)nn1C. The van der Waals surface area contributed by atoms with Gasteiger partial charge in [-0.25, -0.2) is 0 Å². The van der Waals surface area contributed by atoms with Gasteiger partial charge in [0.2, 0.25) is 0 Å². The van der Waals surface area contributed by atoms with Crippen molar-refractivity contribution in [1.29, 1.82) is 0 Å². The average Bonchev–Trinajstić information content (AvgIpc) is 2.70. The summed E-state index contributed by atoms with van der Waals surface area (Å²) in [5, 5.41) is 5.33. The van der Waals surface area contributed by atoms with E-state index in [0.717, 1.165) is 16.5 Å². The molecule has 0 unspecified atom stereocenters. The molecular formula is C10H9F3N2S. The van der Waals surface area contributed by atoms with Gasteiger partial charge in [0.05, 0.1) is 10.6 Å². The Morgan fingerprint density at radius 3 is 2.50 bits per heavy atom. The molecule has 6 heteroatoms. The van der Waals surface area contributed by atoms with E-state index in [1.54, 1.807) is 0 Å². The molecule has 0 atom stereocenters. The third-order valence-corrected chi connectivity index (χ3v) is 3.30. The summed E-state index contributed by atoms with van der Waals surface area (Å²) in [4.78, 5) is 0.825. The quantitative estimate of drug-likeness (QED) is 0.753. The minimum Gasteiger partial charge on any atom is -0.267 e.